The van der Waals surface area contributed by atoms with Crippen LogP contribution in [0.25, 0.3) is 11.0 Å². The third-order valence-electron chi connectivity index (χ3n) is 3.73. The number of aromatic nitrogens is 2. The number of hydrogen-bond acceptors (Lipinski definition) is 2. The van der Waals surface area contributed by atoms with Crippen LogP contribution in [0.4, 0.5) is 4.39 Å². The van der Waals surface area contributed by atoms with E-state index in [1.165, 1.54) is 44.1 Å². The van der Waals surface area contributed by atoms with Crippen LogP contribution in [0.15, 0.2) is 18.5 Å². The molecule has 1 N–H and O–H groups in total. The minimum absolute atomic E-state index is 0.263. The smallest absolute Gasteiger partial charge is 0.142 e. The van der Waals surface area contributed by atoms with Crippen LogP contribution in [0.5, 0.6) is 0 Å². The lowest BCUT2D eigenvalue weighted by atomic mass is 10.1. The number of H-pyrrole nitrogens is 1. The molecule has 3 nitrogen and oxygen atoms in total. The van der Waals surface area contributed by atoms with Gasteiger partial charge in [0.05, 0.1) is 6.20 Å². The molecule has 4 heteroatoms. The van der Waals surface area contributed by atoms with Gasteiger partial charge in [-0.2, -0.15) is 0 Å². The third kappa shape index (κ3) is 2.38. The molecule has 18 heavy (non-hydrogen) atoms. The Morgan fingerprint density at radius 1 is 1.28 bits per heavy atom. The number of pyridine rings is 1. The van der Waals surface area contributed by atoms with Gasteiger partial charge in [-0.25, -0.2) is 9.37 Å². The first-order valence-corrected chi connectivity index (χ1v) is 6.67. The quantitative estimate of drug-likeness (QED) is 0.904. The monoisotopic (exact) mass is 247 g/mol. The van der Waals surface area contributed by atoms with E-state index in [9.17, 15) is 4.39 Å². The van der Waals surface area contributed by atoms with E-state index in [2.05, 4.69) is 14.9 Å². The fourth-order valence-electron chi connectivity index (χ4n) is 2.70. The molecule has 3 rings (SSSR count). The zero-order chi connectivity index (χ0) is 12.4. The fourth-order valence-corrected chi connectivity index (χ4v) is 2.70. The molecule has 0 aromatic carbocycles. The van der Waals surface area contributed by atoms with Crippen molar-refractivity contribution in [1.29, 1.82) is 0 Å². The van der Waals surface area contributed by atoms with Crippen LogP contribution >= 0.6 is 0 Å². The minimum Gasteiger partial charge on any atom is -0.346 e. The van der Waals surface area contributed by atoms with Crippen molar-refractivity contribution in [2.24, 2.45) is 0 Å². The highest BCUT2D eigenvalue weighted by atomic mass is 19.1. The summed E-state index contributed by atoms with van der Waals surface area (Å²) in [6.45, 7) is 3.47. The van der Waals surface area contributed by atoms with E-state index >= 15 is 0 Å². The van der Waals surface area contributed by atoms with Crippen molar-refractivity contribution in [3.8, 4) is 0 Å². The molecule has 2 aromatic rings. The zero-order valence-electron chi connectivity index (χ0n) is 10.5. The van der Waals surface area contributed by atoms with Crippen molar-refractivity contribution in [2.45, 2.75) is 25.7 Å². The van der Waals surface area contributed by atoms with E-state index in [0.29, 0.717) is 0 Å². The lowest BCUT2D eigenvalue weighted by molar-refractivity contribution is 0.231. The minimum atomic E-state index is -0.263. The van der Waals surface area contributed by atoms with E-state index < -0.39 is 0 Å². The Morgan fingerprint density at radius 3 is 2.94 bits per heavy atom. The summed E-state index contributed by atoms with van der Waals surface area (Å²) in [5.74, 6) is -0.263. The Balaban J connectivity index is 1.72. The number of halogens is 1. The largest absolute Gasteiger partial charge is 0.346 e. The van der Waals surface area contributed by atoms with Gasteiger partial charge in [-0.3, -0.25) is 0 Å². The van der Waals surface area contributed by atoms with Crippen molar-refractivity contribution in [3.63, 3.8) is 0 Å². The summed E-state index contributed by atoms with van der Waals surface area (Å²) in [6.07, 6.45) is 8.16. The molecule has 0 saturated carbocycles. The molecule has 0 unspecified atom stereocenters. The van der Waals surface area contributed by atoms with Crippen molar-refractivity contribution in [2.75, 3.05) is 19.6 Å². The van der Waals surface area contributed by atoms with Crippen molar-refractivity contribution in [3.05, 3.63) is 29.8 Å². The number of hydrogen-bond donors (Lipinski definition) is 1. The summed E-state index contributed by atoms with van der Waals surface area (Å²) in [5.41, 5.74) is 1.95. The summed E-state index contributed by atoms with van der Waals surface area (Å²) in [7, 11) is 0. The summed E-state index contributed by atoms with van der Waals surface area (Å²) < 4.78 is 13.2. The molecule has 1 saturated heterocycles. The van der Waals surface area contributed by atoms with Crippen LogP contribution in [0, 0.1) is 5.82 Å². The van der Waals surface area contributed by atoms with E-state index in [-0.39, 0.29) is 5.82 Å². The molecular weight excluding hydrogens is 229 g/mol. The maximum absolute atomic E-state index is 13.2. The molecule has 0 bridgehead atoms. The first-order chi connectivity index (χ1) is 8.83. The lowest BCUT2D eigenvalue weighted by Gasteiger charge is -2.26. The Hall–Kier alpha value is -1.42. The second-order valence-electron chi connectivity index (χ2n) is 5.02. The lowest BCUT2D eigenvalue weighted by Crippen LogP contribution is -2.31. The highest BCUT2D eigenvalue weighted by Gasteiger charge is 2.11. The molecule has 0 atom stereocenters. The third-order valence-corrected chi connectivity index (χ3v) is 3.73. The highest BCUT2D eigenvalue weighted by molar-refractivity contribution is 5.79. The maximum Gasteiger partial charge on any atom is 0.142 e. The van der Waals surface area contributed by atoms with Crippen molar-refractivity contribution >= 4 is 11.0 Å². The van der Waals surface area contributed by atoms with Gasteiger partial charge in [-0.1, -0.05) is 6.42 Å². The van der Waals surface area contributed by atoms with E-state index in [0.717, 1.165) is 24.0 Å². The van der Waals surface area contributed by atoms with Crippen LogP contribution in [0.2, 0.25) is 0 Å². The van der Waals surface area contributed by atoms with E-state index in [1.807, 2.05) is 6.20 Å². The predicted octanol–water partition coefficient (Wildman–Crippen LogP) is 2.73. The summed E-state index contributed by atoms with van der Waals surface area (Å²) in [5, 5.41) is 0.923. The van der Waals surface area contributed by atoms with Gasteiger partial charge in [0.1, 0.15) is 11.5 Å². The standard InChI is InChI=1S/C14H18FN3/c15-12-8-13-11(9-16-14(13)17-10-12)4-7-18-5-2-1-3-6-18/h8-10H,1-7H2,(H,16,17). The van der Waals surface area contributed by atoms with Crippen LogP contribution < -0.4 is 0 Å². The average molecular weight is 247 g/mol. The van der Waals surface area contributed by atoms with Crippen LogP contribution in [-0.4, -0.2) is 34.5 Å². The molecular formula is C14H18FN3. The summed E-state index contributed by atoms with van der Waals surface area (Å²) >= 11 is 0. The maximum atomic E-state index is 13.2. The summed E-state index contributed by atoms with van der Waals surface area (Å²) in [6, 6.07) is 1.57. The van der Waals surface area contributed by atoms with Gasteiger partial charge in [-0.15, -0.1) is 0 Å². The van der Waals surface area contributed by atoms with Gasteiger partial charge in [0, 0.05) is 18.1 Å². The molecule has 3 heterocycles. The summed E-state index contributed by atoms with van der Waals surface area (Å²) in [4.78, 5) is 9.65. The molecule has 1 aliphatic rings. The Bertz CT molecular complexity index is 529. The first kappa shape index (κ1) is 11.7. The predicted molar refractivity (Wildman–Crippen MR) is 70.0 cm³/mol. The number of fused-ring (bicyclic) bond motifs is 1. The molecule has 0 aliphatic carbocycles. The molecule has 1 aliphatic heterocycles. The van der Waals surface area contributed by atoms with Crippen LogP contribution in [0.1, 0.15) is 24.8 Å². The van der Waals surface area contributed by atoms with Gasteiger partial charge in [0.15, 0.2) is 0 Å². The van der Waals surface area contributed by atoms with E-state index in [4.69, 9.17) is 0 Å². The first-order valence-electron chi connectivity index (χ1n) is 6.67. The van der Waals surface area contributed by atoms with Crippen LogP contribution in [0.3, 0.4) is 0 Å². The number of nitrogens with one attached hydrogen (secondary N) is 1. The van der Waals surface area contributed by atoms with E-state index in [1.54, 1.807) is 6.07 Å². The zero-order valence-corrected chi connectivity index (χ0v) is 10.5. The van der Waals surface area contributed by atoms with Crippen LogP contribution in [-0.2, 0) is 6.42 Å². The Morgan fingerprint density at radius 2 is 2.11 bits per heavy atom. The Kier molecular flexibility index (Phi) is 3.28. The second-order valence-corrected chi connectivity index (χ2v) is 5.02. The number of nitrogens with zero attached hydrogens (tertiary/aromatic N) is 2. The average Bonchev–Trinajstić information content (AvgIpc) is 2.80. The highest BCUT2D eigenvalue weighted by Crippen LogP contribution is 2.18. The van der Waals surface area contributed by atoms with Gasteiger partial charge >= 0.3 is 0 Å². The normalized spacial score (nSPS) is 17.4. The van der Waals surface area contributed by atoms with Gasteiger partial charge in [-0.05, 0) is 44.0 Å². The number of rotatable bonds is 3. The molecule has 2 aromatic heterocycles. The second kappa shape index (κ2) is 5.06. The topological polar surface area (TPSA) is 31.9 Å². The van der Waals surface area contributed by atoms with Gasteiger partial charge < -0.3 is 9.88 Å². The number of aromatic amines is 1. The SMILES string of the molecule is Fc1cnc2[nH]cc(CCN3CCCCC3)c2c1. The Labute approximate surface area is 106 Å². The number of likely N-dealkylation sites (tertiary alicyclic amines) is 1. The molecule has 0 spiro atoms. The molecule has 96 valence electrons. The number of piperidine rings is 1. The van der Waals surface area contributed by atoms with Crippen molar-refractivity contribution in [1.82, 2.24) is 14.9 Å². The fraction of sp³-hybridized carbons (Fsp3) is 0.500. The molecule has 1 fully saturated rings. The molecule has 0 amide bonds. The molecule has 0 radical (unpaired) electrons. The van der Waals surface area contributed by atoms with Gasteiger partial charge in [0.2, 0.25) is 0 Å². The van der Waals surface area contributed by atoms with Crippen molar-refractivity contribution < 1.29 is 4.39 Å². The van der Waals surface area contributed by atoms with Gasteiger partial charge in [0.25, 0.3) is 0 Å².